The van der Waals surface area contributed by atoms with E-state index < -0.39 is 0 Å². The molecule has 10 heavy (non-hydrogen) atoms. The fourth-order valence-electron chi connectivity index (χ4n) is 0.699. The molecule has 0 saturated carbocycles. The highest BCUT2D eigenvalue weighted by Gasteiger charge is 1.95. The highest BCUT2D eigenvalue weighted by molar-refractivity contribution is 5.81. The molecule has 0 N–H and O–H groups in total. The lowest BCUT2D eigenvalue weighted by atomic mass is 10.1. The van der Waals surface area contributed by atoms with Gasteiger partial charge in [0.2, 0.25) is 0 Å². The van der Waals surface area contributed by atoms with Crippen LogP contribution in [0.3, 0.4) is 0 Å². The average Bonchev–Trinajstić information content (AvgIpc) is 1.85. The average molecular weight is 143 g/mol. The van der Waals surface area contributed by atoms with E-state index in [2.05, 4.69) is 23.8 Å². The monoisotopic (exact) mass is 143 g/mol. The minimum Gasteiger partial charge on any atom is -0.399 e. The van der Waals surface area contributed by atoms with E-state index in [-0.39, 0.29) is 0 Å². The summed E-state index contributed by atoms with van der Waals surface area (Å²) in [6.45, 7) is 6.41. The Kier molecular flexibility index (Phi) is 4.99. The van der Waals surface area contributed by atoms with Crippen LogP contribution in [-0.2, 0) is 4.84 Å². The van der Waals surface area contributed by atoms with Crippen molar-refractivity contribution in [2.24, 2.45) is 11.1 Å². The van der Waals surface area contributed by atoms with Gasteiger partial charge in [0.25, 0.3) is 0 Å². The van der Waals surface area contributed by atoms with E-state index in [1.54, 1.807) is 7.11 Å². The van der Waals surface area contributed by atoms with Gasteiger partial charge in [-0.15, -0.1) is 0 Å². The summed E-state index contributed by atoms with van der Waals surface area (Å²) < 4.78 is 0. The molecular formula is C8H17NO. The lowest BCUT2D eigenvalue weighted by Crippen LogP contribution is -1.95. The van der Waals surface area contributed by atoms with Crippen LogP contribution in [0.4, 0.5) is 0 Å². The normalized spacial score (nSPS) is 12.3. The van der Waals surface area contributed by atoms with E-state index in [1.165, 1.54) is 6.42 Å². The standard InChI is InChI=1S/C8H17NO/c1-7(2)5-6-8(3)9-10-4/h7H,5-6H2,1-4H3. The summed E-state index contributed by atoms with van der Waals surface area (Å²) in [7, 11) is 1.58. The van der Waals surface area contributed by atoms with E-state index in [0.717, 1.165) is 18.1 Å². The molecule has 0 aliphatic heterocycles. The lowest BCUT2D eigenvalue weighted by molar-refractivity contribution is 0.212. The van der Waals surface area contributed by atoms with Crippen molar-refractivity contribution in [3.05, 3.63) is 0 Å². The lowest BCUT2D eigenvalue weighted by Gasteiger charge is -2.02. The SMILES string of the molecule is CON=C(C)CCC(C)C. The largest absolute Gasteiger partial charge is 0.399 e. The third-order valence-electron chi connectivity index (χ3n) is 1.33. The zero-order chi connectivity index (χ0) is 7.98. The van der Waals surface area contributed by atoms with Crippen LogP contribution >= 0.6 is 0 Å². The van der Waals surface area contributed by atoms with Gasteiger partial charge in [-0.05, 0) is 25.7 Å². The van der Waals surface area contributed by atoms with E-state index in [9.17, 15) is 0 Å². The predicted molar refractivity (Wildman–Crippen MR) is 44.2 cm³/mol. The molecule has 0 radical (unpaired) electrons. The van der Waals surface area contributed by atoms with E-state index in [4.69, 9.17) is 0 Å². The first-order valence-corrected chi connectivity index (χ1v) is 3.73. The molecule has 0 amide bonds. The van der Waals surface area contributed by atoms with Gasteiger partial charge in [-0.3, -0.25) is 0 Å². The van der Waals surface area contributed by atoms with E-state index in [1.807, 2.05) is 6.92 Å². The van der Waals surface area contributed by atoms with Gasteiger partial charge < -0.3 is 4.84 Å². The van der Waals surface area contributed by atoms with Gasteiger partial charge >= 0.3 is 0 Å². The van der Waals surface area contributed by atoms with Crippen molar-refractivity contribution in [3.8, 4) is 0 Å². The Labute approximate surface area is 63.3 Å². The molecule has 0 aliphatic carbocycles. The molecule has 0 rings (SSSR count). The van der Waals surface area contributed by atoms with Gasteiger partial charge in [0.05, 0.1) is 5.71 Å². The van der Waals surface area contributed by atoms with Crippen molar-refractivity contribution in [2.45, 2.75) is 33.6 Å². The van der Waals surface area contributed by atoms with E-state index in [0.29, 0.717) is 0 Å². The van der Waals surface area contributed by atoms with Crippen LogP contribution in [0.2, 0.25) is 0 Å². The van der Waals surface area contributed by atoms with Gasteiger partial charge in [-0.2, -0.15) is 0 Å². The smallest absolute Gasteiger partial charge is 0.106 e. The Morgan fingerprint density at radius 2 is 2.10 bits per heavy atom. The van der Waals surface area contributed by atoms with Crippen LogP contribution in [-0.4, -0.2) is 12.8 Å². The quantitative estimate of drug-likeness (QED) is 0.437. The number of oxime groups is 1. The predicted octanol–water partition coefficient (Wildman–Crippen LogP) is 2.44. The first-order valence-electron chi connectivity index (χ1n) is 3.73. The van der Waals surface area contributed by atoms with Gasteiger partial charge in [0.15, 0.2) is 0 Å². The van der Waals surface area contributed by atoms with Gasteiger partial charge in [0.1, 0.15) is 7.11 Å². The maximum atomic E-state index is 4.62. The zero-order valence-corrected chi connectivity index (χ0v) is 7.35. The third-order valence-corrected chi connectivity index (χ3v) is 1.33. The van der Waals surface area contributed by atoms with Crippen molar-refractivity contribution in [1.29, 1.82) is 0 Å². The fourth-order valence-corrected chi connectivity index (χ4v) is 0.699. The van der Waals surface area contributed by atoms with Crippen LogP contribution in [0.5, 0.6) is 0 Å². The van der Waals surface area contributed by atoms with Crippen LogP contribution < -0.4 is 0 Å². The summed E-state index contributed by atoms with van der Waals surface area (Å²) in [4.78, 5) is 4.62. The van der Waals surface area contributed by atoms with Crippen molar-refractivity contribution in [3.63, 3.8) is 0 Å². The van der Waals surface area contributed by atoms with Crippen LogP contribution in [0.1, 0.15) is 33.6 Å². The molecule has 2 heteroatoms. The molecule has 0 heterocycles. The molecule has 0 atom stereocenters. The number of hydrogen-bond donors (Lipinski definition) is 0. The molecule has 0 bridgehead atoms. The number of nitrogens with zero attached hydrogens (tertiary/aromatic N) is 1. The van der Waals surface area contributed by atoms with Crippen LogP contribution in [0.15, 0.2) is 5.16 Å². The second-order valence-corrected chi connectivity index (χ2v) is 2.94. The van der Waals surface area contributed by atoms with Crippen molar-refractivity contribution in [1.82, 2.24) is 0 Å². The Bertz CT molecular complexity index is 108. The molecule has 0 aromatic heterocycles. The van der Waals surface area contributed by atoms with Gasteiger partial charge in [0, 0.05) is 0 Å². The first-order chi connectivity index (χ1) is 4.66. The second kappa shape index (κ2) is 5.27. The van der Waals surface area contributed by atoms with Crippen molar-refractivity contribution in [2.75, 3.05) is 7.11 Å². The fraction of sp³-hybridized carbons (Fsp3) is 0.875. The molecule has 0 aliphatic rings. The Morgan fingerprint density at radius 3 is 2.50 bits per heavy atom. The first kappa shape index (κ1) is 9.47. The number of rotatable bonds is 4. The summed E-state index contributed by atoms with van der Waals surface area (Å²) in [5, 5.41) is 3.81. The topological polar surface area (TPSA) is 21.6 Å². The van der Waals surface area contributed by atoms with E-state index >= 15 is 0 Å². The summed E-state index contributed by atoms with van der Waals surface area (Å²) in [6.07, 6.45) is 2.24. The van der Waals surface area contributed by atoms with Crippen molar-refractivity contribution >= 4 is 5.71 Å². The molecule has 0 saturated heterocycles. The molecule has 0 fully saturated rings. The molecule has 0 unspecified atom stereocenters. The highest BCUT2D eigenvalue weighted by atomic mass is 16.6. The summed E-state index contributed by atoms with van der Waals surface area (Å²) >= 11 is 0. The summed E-state index contributed by atoms with van der Waals surface area (Å²) in [5.41, 5.74) is 1.08. The van der Waals surface area contributed by atoms with Crippen LogP contribution in [0.25, 0.3) is 0 Å². The molecule has 0 aromatic rings. The van der Waals surface area contributed by atoms with Crippen molar-refractivity contribution < 1.29 is 4.84 Å². The Hall–Kier alpha value is -0.530. The minimum atomic E-state index is 0.752. The highest BCUT2D eigenvalue weighted by Crippen LogP contribution is 2.04. The second-order valence-electron chi connectivity index (χ2n) is 2.94. The number of hydrogen-bond acceptors (Lipinski definition) is 2. The maximum Gasteiger partial charge on any atom is 0.106 e. The molecular weight excluding hydrogens is 126 g/mol. The third kappa shape index (κ3) is 5.60. The molecule has 0 spiro atoms. The van der Waals surface area contributed by atoms with Gasteiger partial charge in [-0.1, -0.05) is 19.0 Å². The molecule has 0 aromatic carbocycles. The summed E-state index contributed by atoms with van der Waals surface area (Å²) in [6, 6.07) is 0. The summed E-state index contributed by atoms with van der Waals surface area (Å²) in [5.74, 6) is 0.752. The van der Waals surface area contributed by atoms with Gasteiger partial charge in [-0.25, -0.2) is 0 Å². The minimum absolute atomic E-state index is 0.752. The zero-order valence-electron chi connectivity index (χ0n) is 7.35. The Balaban J connectivity index is 3.39. The molecule has 2 nitrogen and oxygen atoms in total. The Morgan fingerprint density at radius 1 is 1.50 bits per heavy atom. The van der Waals surface area contributed by atoms with Crippen LogP contribution in [0, 0.1) is 5.92 Å². The maximum absolute atomic E-state index is 4.62. The molecule has 60 valence electrons.